The summed E-state index contributed by atoms with van der Waals surface area (Å²) >= 11 is 3.41. The standard InChI is InChI=1S/C11H12BrNO/c1-4-5-13-11-8(2)6-9(12)7-10(11)14-3/h1,6-7,13H,5H2,2-3H3. The summed E-state index contributed by atoms with van der Waals surface area (Å²) in [7, 11) is 1.64. The zero-order chi connectivity index (χ0) is 10.6. The third-order valence-corrected chi connectivity index (χ3v) is 2.31. The summed E-state index contributed by atoms with van der Waals surface area (Å²) in [6.45, 7) is 2.50. The lowest BCUT2D eigenvalue weighted by Crippen LogP contribution is -2.02. The Hall–Kier alpha value is -1.14. The van der Waals surface area contributed by atoms with Crippen LogP contribution in [0.1, 0.15) is 5.56 Å². The molecule has 1 aromatic carbocycles. The zero-order valence-electron chi connectivity index (χ0n) is 8.23. The Balaban J connectivity index is 3.06. The molecule has 0 radical (unpaired) electrons. The highest BCUT2D eigenvalue weighted by Crippen LogP contribution is 2.31. The number of rotatable bonds is 3. The van der Waals surface area contributed by atoms with Crippen molar-refractivity contribution in [2.45, 2.75) is 6.92 Å². The molecule has 74 valence electrons. The van der Waals surface area contributed by atoms with Crippen molar-refractivity contribution >= 4 is 21.6 Å². The second-order valence-corrected chi connectivity index (χ2v) is 3.77. The molecule has 14 heavy (non-hydrogen) atoms. The number of ether oxygens (including phenoxy) is 1. The first-order valence-corrected chi connectivity index (χ1v) is 4.99. The van der Waals surface area contributed by atoms with Gasteiger partial charge in [-0.25, -0.2) is 0 Å². The summed E-state index contributed by atoms with van der Waals surface area (Å²) in [5.74, 6) is 3.33. The highest BCUT2D eigenvalue weighted by atomic mass is 79.9. The molecule has 0 saturated carbocycles. The zero-order valence-corrected chi connectivity index (χ0v) is 9.81. The summed E-state index contributed by atoms with van der Waals surface area (Å²) < 4.78 is 6.24. The smallest absolute Gasteiger partial charge is 0.143 e. The summed E-state index contributed by atoms with van der Waals surface area (Å²) in [5, 5.41) is 3.13. The van der Waals surface area contributed by atoms with Crippen LogP contribution in [-0.2, 0) is 0 Å². The fourth-order valence-corrected chi connectivity index (χ4v) is 1.79. The van der Waals surface area contributed by atoms with E-state index in [-0.39, 0.29) is 0 Å². The van der Waals surface area contributed by atoms with E-state index in [1.165, 1.54) is 0 Å². The molecule has 0 aromatic heterocycles. The predicted molar refractivity (Wildman–Crippen MR) is 62.8 cm³/mol. The van der Waals surface area contributed by atoms with Gasteiger partial charge in [-0.15, -0.1) is 6.42 Å². The highest BCUT2D eigenvalue weighted by molar-refractivity contribution is 9.10. The lowest BCUT2D eigenvalue weighted by atomic mass is 10.2. The quantitative estimate of drug-likeness (QED) is 0.837. The van der Waals surface area contributed by atoms with E-state index in [0.29, 0.717) is 6.54 Å². The average Bonchev–Trinajstić information content (AvgIpc) is 2.15. The minimum absolute atomic E-state index is 0.499. The Morgan fingerprint density at radius 1 is 1.57 bits per heavy atom. The topological polar surface area (TPSA) is 21.3 Å². The van der Waals surface area contributed by atoms with E-state index < -0.39 is 0 Å². The Morgan fingerprint density at radius 2 is 2.29 bits per heavy atom. The number of terminal acetylenes is 1. The Morgan fingerprint density at radius 3 is 2.86 bits per heavy atom. The van der Waals surface area contributed by atoms with Crippen molar-refractivity contribution < 1.29 is 4.74 Å². The third kappa shape index (κ3) is 2.43. The van der Waals surface area contributed by atoms with Crippen LogP contribution < -0.4 is 10.1 Å². The molecule has 0 saturated heterocycles. The minimum Gasteiger partial charge on any atom is -0.495 e. The Kier molecular flexibility index (Phi) is 3.84. The van der Waals surface area contributed by atoms with E-state index >= 15 is 0 Å². The summed E-state index contributed by atoms with van der Waals surface area (Å²) in [6.07, 6.45) is 5.19. The lowest BCUT2D eigenvalue weighted by Gasteiger charge is -2.12. The van der Waals surface area contributed by atoms with Crippen molar-refractivity contribution in [3.63, 3.8) is 0 Å². The van der Waals surface area contributed by atoms with Crippen LogP contribution in [-0.4, -0.2) is 13.7 Å². The van der Waals surface area contributed by atoms with Crippen molar-refractivity contribution in [2.75, 3.05) is 19.0 Å². The Labute approximate surface area is 92.8 Å². The molecule has 2 nitrogen and oxygen atoms in total. The van der Waals surface area contributed by atoms with Crippen molar-refractivity contribution in [1.29, 1.82) is 0 Å². The summed E-state index contributed by atoms with van der Waals surface area (Å²) in [6, 6.07) is 3.92. The number of benzene rings is 1. The van der Waals surface area contributed by atoms with Gasteiger partial charge in [0.2, 0.25) is 0 Å². The molecule has 0 aliphatic carbocycles. The van der Waals surface area contributed by atoms with Gasteiger partial charge in [0.15, 0.2) is 0 Å². The Bertz CT molecular complexity index is 368. The molecule has 1 rings (SSSR count). The normalized spacial score (nSPS) is 9.29. The monoisotopic (exact) mass is 253 g/mol. The largest absolute Gasteiger partial charge is 0.495 e. The second kappa shape index (κ2) is 4.92. The first-order chi connectivity index (χ1) is 6.69. The molecule has 1 aromatic rings. The molecule has 3 heteroatoms. The van der Waals surface area contributed by atoms with Gasteiger partial charge in [0.05, 0.1) is 19.3 Å². The van der Waals surface area contributed by atoms with Gasteiger partial charge in [0.1, 0.15) is 5.75 Å². The molecule has 0 amide bonds. The van der Waals surface area contributed by atoms with E-state index in [4.69, 9.17) is 11.2 Å². The third-order valence-electron chi connectivity index (χ3n) is 1.85. The number of hydrogen-bond acceptors (Lipinski definition) is 2. The van der Waals surface area contributed by atoms with Crippen molar-refractivity contribution in [1.82, 2.24) is 0 Å². The number of anilines is 1. The SMILES string of the molecule is C#CCNc1c(C)cc(Br)cc1OC. The fourth-order valence-electron chi connectivity index (χ4n) is 1.24. The highest BCUT2D eigenvalue weighted by Gasteiger charge is 2.06. The van der Waals surface area contributed by atoms with E-state index in [1.807, 2.05) is 19.1 Å². The van der Waals surface area contributed by atoms with Gasteiger partial charge in [-0.1, -0.05) is 21.9 Å². The van der Waals surface area contributed by atoms with Crippen LogP contribution in [0.2, 0.25) is 0 Å². The van der Waals surface area contributed by atoms with Gasteiger partial charge in [0, 0.05) is 4.47 Å². The van der Waals surface area contributed by atoms with Crippen LogP contribution in [0, 0.1) is 19.3 Å². The van der Waals surface area contributed by atoms with Gasteiger partial charge in [0.25, 0.3) is 0 Å². The summed E-state index contributed by atoms with van der Waals surface area (Å²) in [4.78, 5) is 0. The number of nitrogens with one attached hydrogen (secondary N) is 1. The van der Waals surface area contributed by atoms with E-state index in [2.05, 4.69) is 27.2 Å². The molecule has 1 N–H and O–H groups in total. The molecular weight excluding hydrogens is 242 g/mol. The second-order valence-electron chi connectivity index (χ2n) is 2.86. The van der Waals surface area contributed by atoms with Crippen LogP contribution in [0.15, 0.2) is 16.6 Å². The van der Waals surface area contributed by atoms with Crippen LogP contribution in [0.4, 0.5) is 5.69 Å². The van der Waals surface area contributed by atoms with Gasteiger partial charge >= 0.3 is 0 Å². The van der Waals surface area contributed by atoms with E-state index in [9.17, 15) is 0 Å². The maximum atomic E-state index is 5.24. The maximum absolute atomic E-state index is 5.24. The number of hydrogen-bond donors (Lipinski definition) is 1. The van der Waals surface area contributed by atoms with Crippen molar-refractivity contribution in [3.8, 4) is 18.1 Å². The number of halogens is 1. The molecule has 0 bridgehead atoms. The van der Waals surface area contributed by atoms with Crippen LogP contribution in [0.3, 0.4) is 0 Å². The van der Waals surface area contributed by atoms with Crippen LogP contribution >= 0.6 is 15.9 Å². The molecule has 0 aliphatic heterocycles. The molecule has 0 fully saturated rings. The molecule has 0 atom stereocenters. The molecule has 0 spiro atoms. The molecule has 0 aliphatic rings. The van der Waals surface area contributed by atoms with Crippen molar-refractivity contribution in [3.05, 3.63) is 22.2 Å². The first-order valence-electron chi connectivity index (χ1n) is 4.20. The summed E-state index contributed by atoms with van der Waals surface area (Å²) in [5.41, 5.74) is 2.06. The number of aryl methyl sites for hydroxylation is 1. The van der Waals surface area contributed by atoms with Gasteiger partial charge in [-0.3, -0.25) is 0 Å². The van der Waals surface area contributed by atoms with Crippen LogP contribution in [0.5, 0.6) is 5.75 Å². The van der Waals surface area contributed by atoms with E-state index in [1.54, 1.807) is 7.11 Å². The average molecular weight is 254 g/mol. The van der Waals surface area contributed by atoms with Gasteiger partial charge in [-0.2, -0.15) is 0 Å². The maximum Gasteiger partial charge on any atom is 0.143 e. The molecular formula is C11H12BrNO. The van der Waals surface area contributed by atoms with Gasteiger partial charge < -0.3 is 10.1 Å². The molecule has 0 unspecified atom stereocenters. The van der Waals surface area contributed by atoms with Crippen molar-refractivity contribution in [2.24, 2.45) is 0 Å². The fraction of sp³-hybridized carbons (Fsp3) is 0.273. The first kappa shape index (κ1) is 10.9. The molecule has 0 heterocycles. The lowest BCUT2D eigenvalue weighted by molar-refractivity contribution is 0.416. The number of methoxy groups -OCH3 is 1. The van der Waals surface area contributed by atoms with Crippen LogP contribution in [0.25, 0.3) is 0 Å². The van der Waals surface area contributed by atoms with E-state index in [0.717, 1.165) is 21.5 Å². The van der Waals surface area contributed by atoms with Gasteiger partial charge in [-0.05, 0) is 24.6 Å². The minimum atomic E-state index is 0.499. The predicted octanol–water partition coefficient (Wildman–Crippen LogP) is 2.81.